The summed E-state index contributed by atoms with van der Waals surface area (Å²) in [7, 11) is -3.87. The topological polar surface area (TPSA) is 106 Å². The number of hydrogen-bond donors (Lipinski definition) is 1. The van der Waals surface area contributed by atoms with E-state index >= 15 is 0 Å². The van der Waals surface area contributed by atoms with Gasteiger partial charge in [-0.25, -0.2) is 13.2 Å². The van der Waals surface area contributed by atoms with Crippen LogP contribution in [0.25, 0.3) is 0 Å². The van der Waals surface area contributed by atoms with E-state index in [9.17, 15) is 26.4 Å². The normalized spacial score (nSPS) is 16.2. The van der Waals surface area contributed by atoms with Crippen LogP contribution in [0.2, 0.25) is 0 Å². The Kier molecular flexibility index (Phi) is 6.08. The maximum Gasteiger partial charge on any atom is 0.573 e. The Balaban J connectivity index is 1.99. The van der Waals surface area contributed by atoms with E-state index in [0.717, 1.165) is 24.3 Å². The van der Waals surface area contributed by atoms with E-state index < -0.39 is 34.7 Å². The summed E-state index contributed by atoms with van der Waals surface area (Å²) >= 11 is 0. The van der Waals surface area contributed by atoms with Crippen molar-refractivity contribution in [2.45, 2.75) is 24.1 Å². The average molecular weight is 396 g/mol. The number of sulfonamides is 1. The van der Waals surface area contributed by atoms with Crippen LogP contribution in [0.15, 0.2) is 34.3 Å². The van der Waals surface area contributed by atoms with Crippen LogP contribution >= 0.6 is 0 Å². The number of halogens is 3. The van der Waals surface area contributed by atoms with Crippen LogP contribution in [0.5, 0.6) is 5.75 Å². The maximum atomic E-state index is 12.5. The zero-order valence-corrected chi connectivity index (χ0v) is 14.1. The molecule has 144 valence electrons. The number of carboxylic acids is 1. The molecule has 1 heterocycles. The average Bonchev–Trinajstić information content (AvgIpc) is 2.54. The Labute approximate surface area is 146 Å². The molecule has 1 aromatic rings. The molecule has 0 spiro atoms. The van der Waals surface area contributed by atoms with Gasteiger partial charge in [-0.1, -0.05) is 5.16 Å². The van der Waals surface area contributed by atoms with Gasteiger partial charge < -0.3 is 14.7 Å². The number of alkyl halides is 3. The summed E-state index contributed by atoms with van der Waals surface area (Å²) in [6.07, 6.45) is -4.34. The first-order chi connectivity index (χ1) is 12.1. The molecule has 1 aromatic carbocycles. The van der Waals surface area contributed by atoms with Crippen molar-refractivity contribution in [3.8, 4) is 5.75 Å². The Hall–Kier alpha value is -2.34. The summed E-state index contributed by atoms with van der Waals surface area (Å²) in [5, 5.41) is 12.1. The number of piperidine rings is 1. The Morgan fingerprint density at radius 3 is 2.27 bits per heavy atom. The fourth-order valence-corrected chi connectivity index (χ4v) is 3.66. The van der Waals surface area contributed by atoms with E-state index in [-0.39, 0.29) is 30.8 Å². The lowest BCUT2D eigenvalue weighted by Crippen LogP contribution is -2.38. The highest BCUT2D eigenvalue weighted by molar-refractivity contribution is 7.89. The van der Waals surface area contributed by atoms with Crippen molar-refractivity contribution in [3.63, 3.8) is 0 Å². The largest absolute Gasteiger partial charge is 0.573 e. The number of carboxylic acid groups (broad SMARTS) is 1. The SMILES string of the molecule is O=C(O)CON=C1CCN(S(=O)(=O)c2ccc(OC(F)(F)F)cc2)CC1. The van der Waals surface area contributed by atoms with Crippen molar-refractivity contribution in [2.75, 3.05) is 19.7 Å². The molecule has 0 amide bonds. The molecule has 1 fully saturated rings. The van der Waals surface area contributed by atoms with Crippen molar-refractivity contribution in [1.29, 1.82) is 0 Å². The van der Waals surface area contributed by atoms with Crippen LogP contribution in [0.4, 0.5) is 13.2 Å². The molecule has 1 aliphatic heterocycles. The van der Waals surface area contributed by atoms with Crippen molar-refractivity contribution in [2.24, 2.45) is 5.16 Å². The number of hydrogen-bond acceptors (Lipinski definition) is 6. The standard InChI is InChI=1S/C14H15F3N2O6S/c15-14(16,17)25-11-1-3-12(4-2-11)26(22,23)19-7-5-10(6-8-19)18-24-9-13(20)21/h1-4H,5-9H2,(H,20,21). The molecule has 26 heavy (non-hydrogen) atoms. The summed E-state index contributed by atoms with van der Waals surface area (Å²) in [6.45, 7) is -0.394. The highest BCUT2D eigenvalue weighted by atomic mass is 32.2. The minimum absolute atomic E-state index is 0.0956. The summed E-state index contributed by atoms with van der Waals surface area (Å²) < 4.78 is 66.3. The number of ether oxygens (including phenoxy) is 1. The Morgan fingerprint density at radius 1 is 1.19 bits per heavy atom. The highest BCUT2D eigenvalue weighted by Gasteiger charge is 2.32. The van der Waals surface area contributed by atoms with Crippen molar-refractivity contribution in [1.82, 2.24) is 4.31 Å². The minimum Gasteiger partial charge on any atom is -0.479 e. The summed E-state index contributed by atoms with van der Waals surface area (Å²) in [5.41, 5.74) is 0.534. The van der Waals surface area contributed by atoms with Crippen molar-refractivity contribution < 1.29 is 41.1 Å². The predicted octanol–water partition coefficient (Wildman–Crippen LogP) is 1.83. The van der Waals surface area contributed by atoms with Gasteiger partial charge in [0.2, 0.25) is 16.6 Å². The molecule has 1 N–H and O–H groups in total. The van der Waals surface area contributed by atoms with Crippen LogP contribution in [-0.4, -0.2) is 55.6 Å². The van der Waals surface area contributed by atoms with Crippen LogP contribution in [0.3, 0.4) is 0 Å². The lowest BCUT2D eigenvalue weighted by Gasteiger charge is -2.26. The molecule has 1 saturated heterocycles. The molecule has 8 nitrogen and oxygen atoms in total. The van der Waals surface area contributed by atoms with Crippen LogP contribution in [0.1, 0.15) is 12.8 Å². The Bertz CT molecular complexity index is 767. The van der Waals surface area contributed by atoms with Crippen LogP contribution in [-0.2, 0) is 19.7 Å². The monoisotopic (exact) mass is 396 g/mol. The van der Waals surface area contributed by atoms with Gasteiger partial charge in [0, 0.05) is 25.9 Å². The molecule has 0 saturated carbocycles. The number of aliphatic carboxylic acids is 1. The van der Waals surface area contributed by atoms with Gasteiger partial charge in [0.15, 0.2) is 0 Å². The zero-order valence-electron chi connectivity index (χ0n) is 13.3. The maximum absolute atomic E-state index is 12.5. The molecule has 0 radical (unpaired) electrons. The van der Waals surface area contributed by atoms with Gasteiger partial charge in [-0.15, -0.1) is 13.2 Å². The second-order valence-electron chi connectivity index (χ2n) is 5.25. The smallest absolute Gasteiger partial charge is 0.479 e. The lowest BCUT2D eigenvalue weighted by atomic mass is 10.1. The molecule has 2 rings (SSSR count). The number of carbonyl (C=O) groups is 1. The van der Waals surface area contributed by atoms with E-state index in [1.54, 1.807) is 0 Å². The number of benzene rings is 1. The minimum atomic E-state index is -4.86. The molecule has 12 heteroatoms. The first-order valence-corrected chi connectivity index (χ1v) is 8.77. The van der Waals surface area contributed by atoms with E-state index in [0.29, 0.717) is 5.71 Å². The fraction of sp³-hybridized carbons (Fsp3) is 0.429. The third kappa shape index (κ3) is 5.59. The number of nitrogens with zero attached hydrogens (tertiary/aromatic N) is 2. The van der Waals surface area contributed by atoms with Crippen LogP contribution < -0.4 is 4.74 Å². The van der Waals surface area contributed by atoms with Gasteiger partial charge in [0.1, 0.15) is 5.75 Å². The van der Waals surface area contributed by atoms with E-state index in [1.165, 1.54) is 4.31 Å². The van der Waals surface area contributed by atoms with Crippen molar-refractivity contribution in [3.05, 3.63) is 24.3 Å². The predicted molar refractivity (Wildman–Crippen MR) is 82.1 cm³/mol. The van der Waals surface area contributed by atoms with Gasteiger partial charge in [-0.05, 0) is 24.3 Å². The third-order valence-corrected chi connectivity index (χ3v) is 5.29. The van der Waals surface area contributed by atoms with Gasteiger partial charge in [-0.3, -0.25) is 0 Å². The summed E-state index contributed by atoms with van der Waals surface area (Å²) in [4.78, 5) is 14.8. The molecule has 0 atom stereocenters. The second-order valence-corrected chi connectivity index (χ2v) is 7.19. The van der Waals surface area contributed by atoms with Gasteiger partial charge in [0.25, 0.3) is 0 Å². The summed E-state index contributed by atoms with van der Waals surface area (Å²) in [5.74, 6) is -1.69. The highest BCUT2D eigenvalue weighted by Crippen LogP contribution is 2.26. The lowest BCUT2D eigenvalue weighted by molar-refractivity contribution is -0.274. The van der Waals surface area contributed by atoms with Gasteiger partial charge >= 0.3 is 12.3 Å². The van der Waals surface area contributed by atoms with Gasteiger partial charge in [0.05, 0.1) is 10.6 Å². The molecule has 0 unspecified atom stereocenters. The molecular weight excluding hydrogens is 381 g/mol. The summed E-state index contributed by atoms with van der Waals surface area (Å²) in [6, 6.07) is 3.93. The Morgan fingerprint density at radius 2 is 1.77 bits per heavy atom. The van der Waals surface area contributed by atoms with E-state index in [4.69, 9.17) is 5.11 Å². The molecule has 0 aromatic heterocycles. The number of oxime groups is 1. The third-order valence-electron chi connectivity index (χ3n) is 3.38. The van der Waals surface area contributed by atoms with Crippen molar-refractivity contribution >= 4 is 21.7 Å². The quantitative estimate of drug-likeness (QED) is 0.736. The molecule has 0 bridgehead atoms. The fourth-order valence-electron chi connectivity index (χ4n) is 2.22. The molecule has 1 aliphatic rings. The molecular formula is C14H15F3N2O6S. The van der Waals surface area contributed by atoms with Crippen LogP contribution in [0, 0.1) is 0 Å². The first kappa shape index (κ1) is 20.0. The first-order valence-electron chi connectivity index (χ1n) is 7.33. The van der Waals surface area contributed by atoms with Gasteiger partial charge in [-0.2, -0.15) is 4.31 Å². The second kappa shape index (κ2) is 7.91. The molecule has 0 aliphatic carbocycles. The van der Waals surface area contributed by atoms with E-state index in [1.807, 2.05) is 0 Å². The zero-order chi connectivity index (χ0) is 19.4. The van der Waals surface area contributed by atoms with E-state index in [2.05, 4.69) is 14.7 Å². The number of rotatable bonds is 6.